The Kier molecular flexibility index (Phi) is 24.0. The van der Waals surface area contributed by atoms with Gasteiger partial charge in [0.2, 0.25) is 11.9 Å². The second-order valence-corrected chi connectivity index (χ2v) is 23.4. The third-order valence-electron chi connectivity index (χ3n) is 13.6. The van der Waals surface area contributed by atoms with Gasteiger partial charge in [-0.3, -0.25) is 19.2 Å². The number of nitrogens with zero attached hydrogens (tertiary/aromatic N) is 8. The van der Waals surface area contributed by atoms with Crippen molar-refractivity contribution in [2.75, 3.05) is 82.9 Å². The SMILES string of the molecule is C=C1COc2ccc(cc2)CNc2nc(nc(OCC(F)(F)F)n2)Cc2ccc(cc2)C(=O)NCC(C)(C)CN(C(=O)C(=O)O)C1.C=C1COc2ccc(cc2)CNc2nc(nc(OCC(F)(F)F)n2)Cc2ccc(cc2)C(=O)NCC(C)(C)CN(C(=O)C(=O)OCC)C1. The number of carboxylic acids is 1. The van der Waals surface area contributed by atoms with E-state index in [0.29, 0.717) is 44.9 Å². The van der Waals surface area contributed by atoms with Crippen molar-refractivity contribution in [1.29, 1.82) is 0 Å². The Bertz CT molecular complexity index is 3670. The van der Waals surface area contributed by atoms with Gasteiger partial charge in [0.15, 0.2) is 13.2 Å². The molecule has 500 valence electrons. The summed E-state index contributed by atoms with van der Waals surface area (Å²) in [5.41, 5.74) is 3.18. The first-order valence-electron chi connectivity index (χ1n) is 29.2. The maximum Gasteiger partial charge on any atom is 0.422 e. The number of benzene rings is 4. The van der Waals surface area contributed by atoms with Crippen LogP contribution in [0.15, 0.2) is 121 Å². The quantitative estimate of drug-likeness (QED) is 0.0477. The number of hydrogen-bond donors (Lipinski definition) is 5. The van der Waals surface area contributed by atoms with Crippen LogP contribution in [0.2, 0.25) is 0 Å². The molecule has 0 fully saturated rings. The maximum absolute atomic E-state index is 13.0. The average molecular weight is 1310 g/mol. The molecular formula is C64H70F6N12O12. The topological polar surface area (TPSA) is 301 Å². The van der Waals surface area contributed by atoms with Crippen LogP contribution in [0.5, 0.6) is 23.5 Å². The third-order valence-corrected chi connectivity index (χ3v) is 13.6. The molecule has 24 nitrogen and oxygen atoms in total. The smallest absolute Gasteiger partial charge is 0.422 e. The number of anilines is 2. The standard InChI is InChI=1S/C33H37F3N6O6.C31H33F3N6O6/c1-5-46-29(45)28(44)42-16-21(2)17-47-25-12-8-23(9-13-25)15-37-30-39-26(40-31(41-30)48-20-33(34,35)36)14-22-6-10-24(11-7-22)27(43)38-18-32(3,4)19-42;1-19-14-40(26(42)27(43)44)17-30(2,3)16-36-25(41)22-8-4-20(5-9-22)12-24-37-28(39-29(38-24)46-18-31(32,33)34)35-13-21-6-10-23(11-7-21)45-15-19/h6-13H,2,5,14-20H2,1,3-4H3,(H,38,43)(H,37,39,40,41);4-11H,1,12-18H2,2-3H3,(H,36,41)(H,43,44)(H,35,37,38,39). The molecule has 6 aromatic rings. The number of ether oxygens (including phenoxy) is 5. The first kappa shape index (κ1) is 71.0. The largest absolute Gasteiger partial charge is 0.489 e. The first-order chi connectivity index (χ1) is 44.3. The molecule has 0 radical (unpaired) electrons. The Balaban J connectivity index is 0.000000266. The highest BCUT2D eigenvalue weighted by atomic mass is 19.4. The summed E-state index contributed by atoms with van der Waals surface area (Å²) in [5, 5.41) is 21.0. The molecule has 94 heavy (non-hydrogen) atoms. The zero-order chi connectivity index (χ0) is 68.4. The lowest BCUT2D eigenvalue weighted by atomic mass is 9.92. The molecule has 0 saturated carbocycles. The normalized spacial score (nSPS) is 15.9. The fraction of sp³-hybridized carbons (Fsp3) is 0.375. The number of rotatable bonds is 5. The van der Waals surface area contributed by atoms with Crippen molar-refractivity contribution in [3.05, 3.63) is 166 Å². The van der Waals surface area contributed by atoms with E-state index in [0.717, 1.165) is 16.0 Å². The molecule has 4 amide bonds. The van der Waals surface area contributed by atoms with E-state index in [1.165, 1.54) is 4.90 Å². The van der Waals surface area contributed by atoms with Gasteiger partial charge in [0.05, 0.1) is 6.61 Å². The van der Waals surface area contributed by atoms with Gasteiger partial charge < -0.3 is 59.9 Å². The molecule has 0 saturated heterocycles. The molecule has 0 spiro atoms. The van der Waals surface area contributed by atoms with Gasteiger partial charge >= 0.3 is 48.1 Å². The van der Waals surface area contributed by atoms with Crippen LogP contribution < -0.4 is 40.2 Å². The maximum atomic E-state index is 13.0. The van der Waals surface area contributed by atoms with Crippen LogP contribution in [0, 0.1) is 10.8 Å². The minimum Gasteiger partial charge on any atom is -0.489 e. The van der Waals surface area contributed by atoms with Crippen molar-refractivity contribution >= 4 is 47.5 Å². The van der Waals surface area contributed by atoms with Crippen molar-refractivity contribution in [2.45, 2.75) is 72.9 Å². The minimum atomic E-state index is -4.59. The Labute approximate surface area is 536 Å². The molecule has 4 aromatic carbocycles. The lowest BCUT2D eigenvalue weighted by Crippen LogP contribution is -2.47. The van der Waals surface area contributed by atoms with Crippen molar-refractivity contribution in [3.63, 3.8) is 0 Å². The second-order valence-electron chi connectivity index (χ2n) is 23.4. The molecule has 8 aliphatic heterocycles. The minimum absolute atomic E-state index is 0.00247. The predicted octanol–water partition coefficient (Wildman–Crippen LogP) is 7.75. The zero-order valence-electron chi connectivity index (χ0n) is 52.0. The number of carbonyl (C=O) groups excluding carboxylic acids is 5. The number of alkyl halides is 6. The number of nitrogens with one attached hydrogen (secondary N) is 4. The lowest BCUT2D eigenvalue weighted by Gasteiger charge is -2.33. The van der Waals surface area contributed by atoms with Gasteiger partial charge in [0.25, 0.3) is 11.8 Å². The van der Waals surface area contributed by atoms with E-state index >= 15 is 0 Å². The van der Waals surface area contributed by atoms with Crippen molar-refractivity contribution in [1.82, 2.24) is 50.3 Å². The van der Waals surface area contributed by atoms with Crippen molar-refractivity contribution in [3.8, 4) is 23.5 Å². The number of esters is 1. The van der Waals surface area contributed by atoms with Gasteiger partial charge in [0.1, 0.15) is 36.4 Å². The summed E-state index contributed by atoms with van der Waals surface area (Å²) in [6.45, 7) is 14.6. The Morgan fingerprint density at radius 1 is 0.553 bits per heavy atom. The Morgan fingerprint density at radius 3 is 1.29 bits per heavy atom. The zero-order valence-corrected chi connectivity index (χ0v) is 52.0. The van der Waals surface area contributed by atoms with E-state index in [9.17, 15) is 60.2 Å². The second kappa shape index (κ2) is 31.7. The fourth-order valence-corrected chi connectivity index (χ4v) is 9.06. The number of carbonyl (C=O) groups is 6. The van der Waals surface area contributed by atoms with Crippen LogP contribution >= 0.6 is 0 Å². The summed E-state index contributed by atoms with van der Waals surface area (Å²) < 4.78 is 103. The van der Waals surface area contributed by atoms with Gasteiger partial charge in [-0.2, -0.15) is 56.2 Å². The van der Waals surface area contributed by atoms with Gasteiger partial charge in [-0.05, 0) is 99.7 Å². The Hall–Kier alpha value is -10.4. The van der Waals surface area contributed by atoms with Gasteiger partial charge in [-0.1, -0.05) is 89.4 Å². The molecule has 12 bridgehead atoms. The predicted molar refractivity (Wildman–Crippen MR) is 328 cm³/mol. The highest BCUT2D eigenvalue weighted by Crippen LogP contribution is 2.25. The van der Waals surface area contributed by atoms with E-state index in [1.807, 2.05) is 13.8 Å². The summed E-state index contributed by atoms with van der Waals surface area (Å²) >= 11 is 0. The van der Waals surface area contributed by atoms with Gasteiger partial charge in [0, 0.05) is 76.3 Å². The van der Waals surface area contributed by atoms with Gasteiger partial charge in [-0.25, -0.2) is 9.59 Å². The number of halogens is 6. The molecule has 2 aromatic heterocycles. The van der Waals surface area contributed by atoms with E-state index in [1.54, 1.807) is 118 Å². The molecule has 0 atom stereocenters. The monoisotopic (exact) mass is 1310 g/mol. The molecule has 10 heterocycles. The molecule has 14 rings (SSSR count). The average Bonchev–Trinajstić information content (AvgIpc) is 0.983. The van der Waals surface area contributed by atoms with Gasteiger partial charge in [-0.15, -0.1) is 0 Å². The van der Waals surface area contributed by atoms with Crippen molar-refractivity contribution < 1.29 is 83.9 Å². The molecular weight excluding hydrogens is 1240 g/mol. The molecule has 0 unspecified atom stereocenters. The summed E-state index contributed by atoms with van der Waals surface area (Å²) in [6.07, 6.45) is -8.94. The summed E-state index contributed by atoms with van der Waals surface area (Å²) in [5.74, 6) is -3.97. The van der Waals surface area contributed by atoms with Crippen LogP contribution in [-0.4, -0.2) is 165 Å². The van der Waals surface area contributed by atoms with Crippen LogP contribution in [0.1, 0.15) is 89.2 Å². The van der Waals surface area contributed by atoms with E-state index in [4.69, 9.17) is 23.7 Å². The Morgan fingerprint density at radius 2 is 0.926 bits per heavy atom. The van der Waals surface area contributed by atoms with E-state index in [2.05, 4.69) is 64.3 Å². The number of aromatic nitrogens is 6. The molecule has 8 aliphatic rings. The number of aliphatic carboxylic acids is 1. The first-order valence-corrected chi connectivity index (χ1v) is 29.2. The lowest BCUT2D eigenvalue weighted by molar-refractivity contribution is -0.160. The number of hydrogen-bond acceptors (Lipinski definition) is 19. The van der Waals surface area contributed by atoms with Crippen LogP contribution in [0.25, 0.3) is 0 Å². The van der Waals surface area contributed by atoms with Crippen LogP contribution in [-0.2, 0) is 49.8 Å². The highest BCUT2D eigenvalue weighted by molar-refractivity contribution is 6.32. The van der Waals surface area contributed by atoms with Crippen LogP contribution in [0.3, 0.4) is 0 Å². The molecule has 0 aliphatic carbocycles. The number of amides is 4. The van der Waals surface area contributed by atoms with Crippen LogP contribution in [0.4, 0.5) is 38.2 Å². The molecule has 30 heteroatoms. The summed E-state index contributed by atoms with van der Waals surface area (Å²) in [7, 11) is 0. The molecule has 5 N–H and O–H groups in total. The summed E-state index contributed by atoms with van der Waals surface area (Å²) in [4.78, 5) is 103. The fourth-order valence-electron chi connectivity index (χ4n) is 9.06. The van der Waals surface area contributed by atoms with E-state index in [-0.39, 0.29) is 114 Å². The number of carboxylic acid groups (broad SMARTS) is 1. The third kappa shape index (κ3) is 23.4. The van der Waals surface area contributed by atoms with E-state index < -0.39 is 78.1 Å². The van der Waals surface area contributed by atoms with Crippen molar-refractivity contribution in [2.24, 2.45) is 10.8 Å². The summed E-state index contributed by atoms with van der Waals surface area (Å²) in [6, 6.07) is 25.9. The highest BCUT2D eigenvalue weighted by Gasteiger charge is 2.34.